The molecule has 4 nitrogen and oxygen atoms in total. The van der Waals surface area contributed by atoms with E-state index < -0.39 is 0 Å². The predicted octanol–water partition coefficient (Wildman–Crippen LogP) is 5.73. The van der Waals surface area contributed by atoms with Crippen molar-refractivity contribution in [3.05, 3.63) is 113 Å². The number of fused-ring (bicyclic) bond motifs is 4. The molecule has 0 saturated carbocycles. The smallest absolute Gasteiger partial charge is 0.251 e. The molecular weight excluding hydrogens is 394 g/mol. The number of rotatable bonds is 2. The molecule has 6 rings (SSSR count). The number of hydrogen-bond donors (Lipinski definition) is 0. The van der Waals surface area contributed by atoms with Crippen LogP contribution in [0.4, 0.5) is 0 Å². The summed E-state index contributed by atoms with van der Waals surface area (Å²) in [7, 11) is 0. The van der Waals surface area contributed by atoms with E-state index in [4.69, 9.17) is 4.98 Å². The summed E-state index contributed by atoms with van der Waals surface area (Å²) in [6.07, 6.45) is 1.80. The second-order valence-corrected chi connectivity index (χ2v) is 8.77. The summed E-state index contributed by atoms with van der Waals surface area (Å²) in [5.41, 5.74) is 8.06. The minimum Gasteiger partial charge on any atom is -0.251 e. The highest BCUT2D eigenvalue weighted by Gasteiger charge is 2.35. The zero-order chi connectivity index (χ0) is 21.9. The van der Waals surface area contributed by atoms with Gasteiger partial charge < -0.3 is 0 Å². The van der Waals surface area contributed by atoms with Crippen LogP contribution in [0.25, 0.3) is 39.3 Å². The van der Waals surface area contributed by atoms with Crippen LogP contribution in [-0.2, 0) is 5.41 Å². The predicted molar refractivity (Wildman–Crippen MR) is 128 cm³/mol. The van der Waals surface area contributed by atoms with Gasteiger partial charge in [-0.1, -0.05) is 80.6 Å². The minimum atomic E-state index is -0.328. The van der Waals surface area contributed by atoms with E-state index in [1.165, 1.54) is 26.7 Å². The fraction of sp³-hybridized carbons (Fsp3) is 0.107. The fourth-order valence-electron chi connectivity index (χ4n) is 4.79. The molecule has 3 aromatic carbocycles. The molecule has 0 saturated heterocycles. The monoisotopic (exact) mass is 415 g/mol. The van der Waals surface area contributed by atoms with Crippen molar-refractivity contribution in [3.63, 3.8) is 0 Å². The standard InChI is InChI=1S/C28H21N3O/c1-28(2)23-11-7-6-10-21(23)22-14-12-19(16-24(22)28)26-29-25-15-13-20(17-31(25)27(32)30-26)18-8-4-3-5-9-18/h3-17H,1-2H3. The Morgan fingerprint density at radius 3 is 2.25 bits per heavy atom. The zero-order valence-corrected chi connectivity index (χ0v) is 17.9. The van der Waals surface area contributed by atoms with Crippen LogP contribution in [-0.4, -0.2) is 14.4 Å². The van der Waals surface area contributed by atoms with Crippen molar-refractivity contribution < 1.29 is 0 Å². The van der Waals surface area contributed by atoms with Gasteiger partial charge in [0.2, 0.25) is 0 Å². The summed E-state index contributed by atoms with van der Waals surface area (Å²) in [4.78, 5) is 21.9. The van der Waals surface area contributed by atoms with Gasteiger partial charge in [-0.05, 0) is 51.6 Å². The van der Waals surface area contributed by atoms with Crippen LogP contribution < -0.4 is 5.69 Å². The molecule has 154 valence electrons. The van der Waals surface area contributed by atoms with Crippen LogP contribution in [0.2, 0.25) is 0 Å². The first-order valence-corrected chi connectivity index (χ1v) is 10.7. The summed E-state index contributed by atoms with van der Waals surface area (Å²) in [6, 6.07) is 28.7. The first-order chi connectivity index (χ1) is 15.5. The highest BCUT2D eigenvalue weighted by molar-refractivity contribution is 5.82. The Morgan fingerprint density at radius 1 is 0.688 bits per heavy atom. The lowest BCUT2D eigenvalue weighted by atomic mass is 9.82. The number of benzene rings is 3. The summed E-state index contributed by atoms with van der Waals surface area (Å²) in [5.74, 6) is 0.456. The first kappa shape index (κ1) is 18.7. The maximum atomic E-state index is 12.9. The van der Waals surface area contributed by atoms with Gasteiger partial charge in [0, 0.05) is 17.2 Å². The van der Waals surface area contributed by atoms with E-state index in [0.29, 0.717) is 11.5 Å². The largest absolute Gasteiger partial charge is 0.355 e. The molecule has 2 heterocycles. The van der Waals surface area contributed by atoms with Crippen molar-refractivity contribution in [3.8, 4) is 33.6 Å². The Morgan fingerprint density at radius 2 is 1.41 bits per heavy atom. The van der Waals surface area contributed by atoms with Crippen LogP contribution in [0.1, 0.15) is 25.0 Å². The quantitative estimate of drug-likeness (QED) is 0.370. The van der Waals surface area contributed by atoms with Gasteiger partial charge in [0.1, 0.15) is 5.65 Å². The Bertz CT molecular complexity index is 1570. The van der Waals surface area contributed by atoms with Crippen LogP contribution in [0.5, 0.6) is 0 Å². The number of nitrogens with zero attached hydrogens (tertiary/aromatic N) is 3. The number of pyridine rings is 1. The molecule has 0 radical (unpaired) electrons. The molecule has 0 N–H and O–H groups in total. The van der Waals surface area contributed by atoms with Crippen LogP contribution in [0, 0.1) is 0 Å². The van der Waals surface area contributed by atoms with Crippen molar-refractivity contribution >= 4 is 5.65 Å². The van der Waals surface area contributed by atoms with Gasteiger partial charge in [0.15, 0.2) is 5.82 Å². The van der Waals surface area contributed by atoms with Crippen molar-refractivity contribution in [2.75, 3.05) is 0 Å². The van der Waals surface area contributed by atoms with Crippen molar-refractivity contribution in [2.24, 2.45) is 0 Å². The molecule has 0 spiro atoms. The van der Waals surface area contributed by atoms with E-state index in [2.05, 4.69) is 55.2 Å². The fourth-order valence-corrected chi connectivity index (χ4v) is 4.79. The summed E-state index contributed by atoms with van der Waals surface area (Å²) < 4.78 is 1.51. The van der Waals surface area contributed by atoms with E-state index in [9.17, 15) is 4.79 Å². The van der Waals surface area contributed by atoms with Crippen LogP contribution in [0.15, 0.2) is 95.9 Å². The molecule has 0 amide bonds. The maximum Gasteiger partial charge on any atom is 0.355 e. The molecule has 4 heteroatoms. The number of aromatic nitrogens is 3. The van der Waals surface area contributed by atoms with Crippen molar-refractivity contribution in [1.82, 2.24) is 14.4 Å². The average molecular weight is 415 g/mol. The first-order valence-electron chi connectivity index (χ1n) is 10.7. The van der Waals surface area contributed by atoms with Crippen LogP contribution >= 0.6 is 0 Å². The lowest BCUT2D eigenvalue weighted by molar-refractivity contribution is 0.660. The lowest BCUT2D eigenvalue weighted by Crippen LogP contribution is -2.19. The lowest BCUT2D eigenvalue weighted by Gasteiger charge is -2.21. The molecule has 32 heavy (non-hydrogen) atoms. The topological polar surface area (TPSA) is 47.3 Å². The third-order valence-corrected chi connectivity index (χ3v) is 6.50. The maximum absolute atomic E-state index is 12.9. The van der Waals surface area contributed by atoms with Gasteiger partial charge in [-0.15, -0.1) is 0 Å². The molecule has 2 aromatic heterocycles. The SMILES string of the molecule is CC1(C)c2ccccc2-c2ccc(-c3nc(=O)n4cc(-c5ccccc5)ccc4n3)cc21. The Labute approximate surface area is 185 Å². The minimum absolute atomic E-state index is 0.113. The second kappa shape index (κ2) is 6.72. The van der Waals surface area contributed by atoms with Gasteiger partial charge in [-0.25, -0.2) is 9.78 Å². The third kappa shape index (κ3) is 2.73. The Balaban J connectivity index is 1.47. The highest BCUT2D eigenvalue weighted by atomic mass is 16.1. The van der Waals surface area contributed by atoms with E-state index in [1.807, 2.05) is 48.5 Å². The molecule has 0 atom stereocenters. The summed E-state index contributed by atoms with van der Waals surface area (Å²) in [5, 5.41) is 0. The summed E-state index contributed by atoms with van der Waals surface area (Å²) >= 11 is 0. The third-order valence-electron chi connectivity index (χ3n) is 6.50. The number of hydrogen-bond acceptors (Lipinski definition) is 3. The Hall–Kier alpha value is -4.05. The van der Waals surface area contributed by atoms with Gasteiger partial charge in [-0.3, -0.25) is 4.40 Å². The van der Waals surface area contributed by atoms with Crippen molar-refractivity contribution in [1.29, 1.82) is 0 Å². The Kier molecular flexibility index (Phi) is 3.93. The highest BCUT2D eigenvalue weighted by Crippen LogP contribution is 2.49. The van der Waals surface area contributed by atoms with E-state index in [1.54, 1.807) is 6.20 Å². The summed E-state index contributed by atoms with van der Waals surface area (Å²) in [6.45, 7) is 4.48. The van der Waals surface area contributed by atoms with Gasteiger partial charge in [-0.2, -0.15) is 4.98 Å². The van der Waals surface area contributed by atoms with Gasteiger partial charge in [0.05, 0.1) is 0 Å². The molecule has 0 bridgehead atoms. The van der Waals surface area contributed by atoms with Gasteiger partial charge in [0.25, 0.3) is 0 Å². The van der Waals surface area contributed by atoms with Crippen LogP contribution in [0.3, 0.4) is 0 Å². The zero-order valence-electron chi connectivity index (χ0n) is 17.9. The molecule has 5 aromatic rings. The van der Waals surface area contributed by atoms with E-state index >= 15 is 0 Å². The molecule has 0 fully saturated rings. The van der Waals surface area contributed by atoms with Crippen molar-refractivity contribution in [2.45, 2.75) is 19.3 Å². The normalized spacial score (nSPS) is 13.7. The van der Waals surface area contributed by atoms with E-state index in [-0.39, 0.29) is 11.1 Å². The molecular formula is C28H21N3O. The molecule has 1 aliphatic carbocycles. The van der Waals surface area contributed by atoms with Gasteiger partial charge >= 0.3 is 5.69 Å². The van der Waals surface area contributed by atoms with E-state index in [0.717, 1.165) is 16.7 Å². The molecule has 0 aliphatic heterocycles. The molecule has 1 aliphatic rings. The average Bonchev–Trinajstić information content (AvgIpc) is 3.06. The second-order valence-electron chi connectivity index (χ2n) is 8.77. The molecule has 0 unspecified atom stereocenters.